The van der Waals surface area contributed by atoms with E-state index in [9.17, 15) is 23.2 Å². The van der Waals surface area contributed by atoms with Crippen LogP contribution < -0.4 is 19.7 Å². The summed E-state index contributed by atoms with van der Waals surface area (Å²) in [6.45, 7) is -0.690. The Kier molecular flexibility index (Phi) is 6.82. The molecule has 1 heterocycles. The second-order valence-electron chi connectivity index (χ2n) is 7.50. The molecule has 0 unspecified atom stereocenters. The predicted octanol–water partition coefficient (Wildman–Crippen LogP) is 3.27. The summed E-state index contributed by atoms with van der Waals surface area (Å²) in [4.78, 5) is 38.8. The smallest absolute Gasteiger partial charge is 0.265 e. The van der Waals surface area contributed by atoms with Gasteiger partial charge in [0.25, 0.3) is 5.91 Å². The molecular formula is C25H20F2N2O5. The molecule has 0 aliphatic carbocycles. The van der Waals surface area contributed by atoms with Crippen LogP contribution in [0, 0.1) is 11.6 Å². The number of hydrogen-bond donors (Lipinski definition) is 1. The van der Waals surface area contributed by atoms with Crippen LogP contribution in [0.4, 0.5) is 14.5 Å². The lowest BCUT2D eigenvalue weighted by Crippen LogP contribution is -2.45. The molecule has 7 nitrogen and oxygen atoms in total. The molecule has 0 saturated carbocycles. The fraction of sp³-hybridized carbons (Fsp3) is 0.160. The Morgan fingerprint density at radius 1 is 1.03 bits per heavy atom. The molecular weight excluding hydrogens is 446 g/mol. The second kappa shape index (κ2) is 10.1. The SMILES string of the molecule is O=C(CN1C(=O)COc2ccc(C(=O)COc3ccc(F)cc3F)cc21)NCc1ccccc1. The van der Waals surface area contributed by atoms with Gasteiger partial charge in [-0.2, -0.15) is 0 Å². The number of fused-ring (bicyclic) bond motifs is 1. The predicted molar refractivity (Wildman–Crippen MR) is 119 cm³/mol. The Bertz CT molecular complexity index is 1230. The third-order valence-electron chi connectivity index (χ3n) is 5.11. The summed E-state index contributed by atoms with van der Waals surface area (Å²) in [7, 11) is 0. The lowest BCUT2D eigenvalue weighted by atomic mass is 10.1. The number of carbonyl (C=O) groups is 3. The van der Waals surface area contributed by atoms with Gasteiger partial charge in [-0.05, 0) is 35.9 Å². The lowest BCUT2D eigenvalue weighted by Gasteiger charge is -2.29. The Labute approximate surface area is 193 Å². The molecule has 3 aromatic rings. The normalized spacial score (nSPS) is 12.5. The third kappa shape index (κ3) is 5.37. The van der Waals surface area contributed by atoms with Crippen molar-refractivity contribution in [1.82, 2.24) is 5.32 Å². The van der Waals surface area contributed by atoms with Crippen molar-refractivity contribution in [3.63, 3.8) is 0 Å². The number of rotatable bonds is 8. The number of hydrogen-bond acceptors (Lipinski definition) is 5. The largest absolute Gasteiger partial charge is 0.482 e. The van der Waals surface area contributed by atoms with Crippen molar-refractivity contribution in [2.45, 2.75) is 6.54 Å². The topological polar surface area (TPSA) is 84.9 Å². The average molecular weight is 466 g/mol. The van der Waals surface area contributed by atoms with E-state index in [0.29, 0.717) is 18.4 Å². The maximum Gasteiger partial charge on any atom is 0.265 e. The van der Waals surface area contributed by atoms with E-state index in [2.05, 4.69) is 5.32 Å². The van der Waals surface area contributed by atoms with Crippen molar-refractivity contribution in [2.75, 3.05) is 24.7 Å². The van der Waals surface area contributed by atoms with Crippen LogP contribution in [0.2, 0.25) is 0 Å². The van der Waals surface area contributed by atoms with Crippen LogP contribution in [-0.2, 0) is 16.1 Å². The van der Waals surface area contributed by atoms with E-state index in [1.54, 1.807) is 0 Å². The molecule has 0 fully saturated rings. The van der Waals surface area contributed by atoms with Gasteiger partial charge in [-0.1, -0.05) is 30.3 Å². The van der Waals surface area contributed by atoms with Gasteiger partial charge in [-0.25, -0.2) is 8.78 Å². The molecule has 9 heteroatoms. The quantitative estimate of drug-likeness (QED) is 0.515. The molecule has 4 rings (SSSR count). The fourth-order valence-corrected chi connectivity index (χ4v) is 3.36. The molecule has 174 valence electrons. The van der Waals surface area contributed by atoms with Gasteiger partial charge >= 0.3 is 0 Å². The Hall–Kier alpha value is -4.27. The summed E-state index contributed by atoms with van der Waals surface area (Å²) in [5, 5.41) is 2.76. The van der Waals surface area contributed by atoms with Crippen molar-refractivity contribution in [3.05, 3.63) is 89.5 Å². The highest BCUT2D eigenvalue weighted by Crippen LogP contribution is 2.33. The van der Waals surface area contributed by atoms with Crippen LogP contribution in [0.5, 0.6) is 11.5 Å². The second-order valence-corrected chi connectivity index (χ2v) is 7.50. The van der Waals surface area contributed by atoms with Gasteiger partial charge in [-0.3, -0.25) is 19.3 Å². The molecule has 0 atom stereocenters. The number of carbonyl (C=O) groups excluding carboxylic acids is 3. The van der Waals surface area contributed by atoms with Crippen LogP contribution in [-0.4, -0.2) is 37.4 Å². The van der Waals surface area contributed by atoms with Gasteiger partial charge in [0.1, 0.15) is 18.1 Å². The molecule has 0 bridgehead atoms. The summed E-state index contributed by atoms with van der Waals surface area (Å²) < 4.78 is 37.4. The van der Waals surface area contributed by atoms with Crippen molar-refractivity contribution in [1.29, 1.82) is 0 Å². The Morgan fingerprint density at radius 3 is 2.59 bits per heavy atom. The van der Waals surface area contributed by atoms with Gasteiger partial charge in [0, 0.05) is 18.2 Å². The number of nitrogens with one attached hydrogen (secondary N) is 1. The number of ketones is 1. The molecule has 0 spiro atoms. The van der Waals surface area contributed by atoms with Crippen molar-refractivity contribution >= 4 is 23.3 Å². The molecule has 0 saturated heterocycles. The van der Waals surface area contributed by atoms with Crippen LogP contribution >= 0.6 is 0 Å². The molecule has 2 amide bonds. The number of amides is 2. The van der Waals surface area contributed by atoms with E-state index >= 15 is 0 Å². The lowest BCUT2D eigenvalue weighted by molar-refractivity contribution is -0.125. The number of ether oxygens (including phenoxy) is 2. The number of nitrogens with zero attached hydrogens (tertiary/aromatic N) is 1. The maximum absolute atomic E-state index is 13.7. The summed E-state index contributed by atoms with van der Waals surface area (Å²) in [5.41, 5.74) is 1.36. The highest BCUT2D eigenvalue weighted by molar-refractivity contribution is 6.04. The zero-order valence-corrected chi connectivity index (χ0v) is 17.9. The first kappa shape index (κ1) is 22.9. The highest BCUT2D eigenvalue weighted by Gasteiger charge is 2.28. The third-order valence-corrected chi connectivity index (χ3v) is 5.11. The molecule has 34 heavy (non-hydrogen) atoms. The maximum atomic E-state index is 13.7. The first-order valence-electron chi connectivity index (χ1n) is 10.4. The summed E-state index contributed by atoms with van der Waals surface area (Å²) >= 11 is 0. The zero-order valence-electron chi connectivity index (χ0n) is 17.9. The first-order valence-corrected chi connectivity index (χ1v) is 10.4. The highest BCUT2D eigenvalue weighted by atomic mass is 19.1. The number of halogens is 2. The standard InChI is InChI=1S/C25H20F2N2O5/c26-18-7-9-22(19(27)11-18)33-14-21(30)17-6-8-23-20(10-17)29(25(32)15-34-23)13-24(31)28-12-16-4-2-1-3-5-16/h1-11H,12-15H2,(H,28,31). The molecule has 1 aliphatic heterocycles. The van der Waals surface area contributed by atoms with E-state index in [-0.39, 0.29) is 36.1 Å². The number of benzene rings is 3. The van der Waals surface area contributed by atoms with Crippen molar-refractivity contribution in [3.8, 4) is 11.5 Å². The van der Waals surface area contributed by atoms with Gasteiger partial charge in [0.05, 0.1) is 5.69 Å². The zero-order chi connectivity index (χ0) is 24.1. The monoisotopic (exact) mass is 466 g/mol. The average Bonchev–Trinajstić information content (AvgIpc) is 2.84. The minimum Gasteiger partial charge on any atom is -0.482 e. The molecule has 0 aromatic heterocycles. The summed E-state index contributed by atoms with van der Waals surface area (Å²) in [5.74, 6) is -2.92. The van der Waals surface area contributed by atoms with E-state index < -0.39 is 29.9 Å². The molecule has 1 N–H and O–H groups in total. The first-order chi connectivity index (χ1) is 16.4. The van der Waals surface area contributed by atoms with E-state index in [1.165, 1.54) is 23.1 Å². The van der Waals surface area contributed by atoms with Crippen molar-refractivity contribution in [2.24, 2.45) is 0 Å². The minimum absolute atomic E-state index is 0.175. The van der Waals surface area contributed by atoms with Crippen LogP contribution in [0.3, 0.4) is 0 Å². The molecule has 3 aromatic carbocycles. The fourth-order valence-electron chi connectivity index (χ4n) is 3.36. The van der Waals surface area contributed by atoms with Gasteiger partial charge < -0.3 is 14.8 Å². The molecule has 0 radical (unpaired) electrons. The molecule has 1 aliphatic rings. The summed E-state index contributed by atoms with van der Waals surface area (Å²) in [6, 6.07) is 16.5. The Morgan fingerprint density at radius 2 is 1.82 bits per heavy atom. The van der Waals surface area contributed by atoms with E-state index in [4.69, 9.17) is 9.47 Å². The van der Waals surface area contributed by atoms with Gasteiger partial charge in [0.15, 0.2) is 30.6 Å². The van der Waals surface area contributed by atoms with Crippen LogP contribution in [0.15, 0.2) is 66.7 Å². The number of anilines is 1. The van der Waals surface area contributed by atoms with Gasteiger partial charge in [0.2, 0.25) is 5.91 Å². The number of Topliss-reactive ketones (excluding diaryl/α,β-unsaturated/α-hetero) is 1. The van der Waals surface area contributed by atoms with Crippen LogP contribution in [0.25, 0.3) is 0 Å². The minimum atomic E-state index is -0.926. The summed E-state index contributed by atoms with van der Waals surface area (Å²) in [6.07, 6.45) is 0. The van der Waals surface area contributed by atoms with Crippen LogP contribution in [0.1, 0.15) is 15.9 Å². The van der Waals surface area contributed by atoms with E-state index in [0.717, 1.165) is 17.7 Å². The van der Waals surface area contributed by atoms with E-state index in [1.807, 2.05) is 30.3 Å². The van der Waals surface area contributed by atoms with Gasteiger partial charge in [-0.15, -0.1) is 0 Å². The van der Waals surface area contributed by atoms with Crippen molar-refractivity contribution < 1.29 is 32.6 Å². The Balaban J connectivity index is 1.44.